The molecule has 1 fully saturated rings. The Bertz CT molecular complexity index is 478. The van der Waals surface area contributed by atoms with Crippen LogP contribution in [-0.4, -0.2) is 36.1 Å². The van der Waals surface area contributed by atoms with Gasteiger partial charge in [0.25, 0.3) is 0 Å². The second kappa shape index (κ2) is 5.49. The van der Waals surface area contributed by atoms with Gasteiger partial charge in [-0.15, -0.1) is 0 Å². The summed E-state index contributed by atoms with van der Waals surface area (Å²) in [4.78, 5) is 24.5. The summed E-state index contributed by atoms with van der Waals surface area (Å²) in [5.41, 5.74) is 0.784. The van der Waals surface area contributed by atoms with E-state index in [1.165, 1.54) is 0 Å². The summed E-state index contributed by atoms with van der Waals surface area (Å²) in [6.07, 6.45) is -0.191. The normalized spacial score (nSPS) is 19.9. The molecule has 0 bridgehead atoms. The van der Waals surface area contributed by atoms with Gasteiger partial charge >= 0.3 is 5.97 Å². The molecule has 1 unspecified atom stereocenters. The van der Waals surface area contributed by atoms with Crippen LogP contribution < -0.4 is 10.2 Å². The van der Waals surface area contributed by atoms with E-state index in [0.29, 0.717) is 13.1 Å². The van der Waals surface area contributed by atoms with Crippen molar-refractivity contribution in [3.8, 4) is 0 Å². The number of anilines is 1. The lowest BCUT2D eigenvalue weighted by Gasteiger charge is -2.32. The molecule has 6 heteroatoms. The van der Waals surface area contributed by atoms with Crippen LogP contribution in [0.3, 0.4) is 0 Å². The molecule has 5 nitrogen and oxygen atoms in total. The zero-order chi connectivity index (χ0) is 13.1. The van der Waals surface area contributed by atoms with Gasteiger partial charge in [-0.1, -0.05) is 22.0 Å². The molecule has 1 aliphatic heterocycles. The predicted molar refractivity (Wildman–Crippen MR) is 70.5 cm³/mol. The first-order valence-corrected chi connectivity index (χ1v) is 6.39. The van der Waals surface area contributed by atoms with E-state index in [1.54, 1.807) is 4.90 Å². The number of carbonyl (C=O) groups excluding carboxylic acids is 1. The van der Waals surface area contributed by atoms with Crippen molar-refractivity contribution in [3.63, 3.8) is 0 Å². The van der Waals surface area contributed by atoms with Gasteiger partial charge in [0.1, 0.15) is 0 Å². The van der Waals surface area contributed by atoms with Crippen molar-refractivity contribution in [2.45, 2.75) is 12.5 Å². The molecule has 0 saturated carbocycles. The number of carbonyl (C=O) groups is 2. The summed E-state index contributed by atoms with van der Waals surface area (Å²) < 4.78 is 0.890. The van der Waals surface area contributed by atoms with Crippen molar-refractivity contribution in [2.24, 2.45) is 0 Å². The third-order valence-electron chi connectivity index (χ3n) is 2.79. The molecule has 0 aliphatic carbocycles. The fraction of sp³-hybridized carbons (Fsp3) is 0.333. The summed E-state index contributed by atoms with van der Waals surface area (Å²) in [7, 11) is 0. The minimum atomic E-state index is -0.975. The molecule has 0 spiro atoms. The SMILES string of the molecule is O=C(O)CC1NCCN(c2cccc(Br)c2)C1=O. The molecule has 0 radical (unpaired) electrons. The topological polar surface area (TPSA) is 69.6 Å². The molecular weight excluding hydrogens is 300 g/mol. The Kier molecular flexibility index (Phi) is 3.98. The lowest BCUT2D eigenvalue weighted by Crippen LogP contribution is -2.55. The third kappa shape index (κ3) is 2.88. The number of benzene rings is 1. The molecule has 1 amide bonds. The number of nitrogens with one attached hydrogen (secondary N) is 1. The van der Waals surface area contributed by atoms with Crippen LogP contribution in [0.1, 0.15) is 6.42 Å². The Balaban J connectivity index is 2.18. The van der Waals surface area contributed by atoms with Crippen LogP contribution in [0.5, 0.6) is 0 Å². The van der Waals surface area contributed by atoms with Gasteiger partial charge in [-0.3, -0.25) is 9.59 Å². The van der Waals surface area contributed by atoms with Crippen molar-refractivity contribution in [1.82, 2.24) is 5.32 Å². The molecular formula is C12H13BrN2O3. The summed E-state index contributed by atoms with van der Waals surface area (Å²) in [6.45, 7) is 1.14. The van der Waals surface area contributed by atoms with E-state index in [-0.39, 0.29) is 12.3 Å². The van der Waals surface area contributed by atoms with E-state index in [0.717, 1.165) is 10.2 Å². The number of carboxylic acid groups (broad SMARTS) is 1. The Morgan fingerprint density at radius 2 is 2.33 bits per heavy atom. The first-order chi connectivity index (χ1) is 8.58. The van der Waals surface area contributed by atoms with E-state index in [1.807, 2.05) is 24.3 Å². The number of piperazine rings is 1. The summed E-state index contributed by atoms with van der Waals surface area (Å²) in [5, 5.41) is 11.7. The molecule has 2 N–H and O–H groups in total. The van der Waals surface area contributed by atoms with Crippen molar-refractivity contribution in [3.05, 3.63) is 28.7 Å². The van der Waals surface area contributed by atoms with Crippen molar-refractivity contribution in [1.29, 1.82) is 0 Å². The van der Waals surface area contributed by atoms with E-state index in [4.69, 9.17) is 5.11 Å². The number of aliphatic carboxylic acids is 1. The molecule has 96 valence electrons. The number of hydrogen-bond acceptors (Lipinski definition) is 3. The number of carboxylic acids is 1. The average molecular weight is 313 g/mol. The quantitative estimate of drug-likeness (QED) is 0.880. The van der Waals surface area contributed by atoms with E-state index >= 15 is 0 Å². The highest BCUT2D eigenvalue weighted by molar-refractivity contribution is 9.10. The average Bonchev–Trinajstić information content (AvgIpc) is 2.31. The third-order valence-corrected chi connectivity index (χ3v) is 3.28. The Morgan fingerprint density at radius 1 is 1.56 bits per heavy atom. The fourth-order valence-corrected chi connectivity index (χ4v) is 2.36. The standard InChI is InChI=1S/C12H13BrN2O3/c13-8-2-1-3-9(6-8)15-5-4-14-10(12(15)18)7-11(16)17/h1-3,6,10,14H,4-5,7H2,(H,16,17). The van der Waals surface area contributed by atoms with Gasteiger partial charge in [-0.25, -0.2) is 0 Å². The van der Waals surface area contributed by atoms with Gasteiger partial charge in [-0.2, -0.15) is 0 Å². The fourth-order valence-electron chi connectivity index (χ4n) is 1.97. The molecule has 0 aromatic heterocycles. The Morgan fingerprint density at radius 3 is 3.00 bits per heavy atom. The van der Waals surface area contributed by atoms with Gasteiger partial charge in [0, 0.05) is 23.2 Å². The smallest absolute Gasteiger partial charge is 0.305 e. The number of halogens is 1. The van der Waals surface area contributed by atoms with Gasteiger partial charge in [0.05, 0.1) is 12.5 Å². The Labute approximate surface area is 113 Å². The van der Waals surface area contributed by atoms with E-state index in [9.17, 15) is 9.59 Å². The van der Waals surface area contributed by atoms with Gasteiger partial charge in [0.15, 0.2) is 0 Å². The lowest BCUT2D eigenvalue weighted by molar-refractivity contribution is -0.139. The second-order valence-corrected chi connectivity index (χ2v) is 4.99. The number of rotatable bonds is 3. The largest absolute Gasteiger partial charge is 0.481 e. The van der Waals surface area contributed by atoms with Crippen molar-refractivity contribution < 1.29 is 14.7 Å². The molecule has 1 aromatic rings. The second-order valence-electron chi connectivity index (χ2n) is 4.07. The highest BCUT2D eigenvalue weighted by atomic mass is 79.9. The zero-order valence-corrected chi connectivity index (χ0v) is 11.2. The van der Waals surface area contributed by atoms with Crippen LogP contribution in [0.25, 0.3) is 0 Å². The van der Waals surface area contributed by atoms with Gasteiger partial charge < -0.3 is 15.3 Å². The van der Waals surface area contributed by atoms with Gasteiger partial charge in [-0.05, 0) is 18.2 Å². The first-order valence-electron chi connectivity index (χ1n) is 5.60. The van der Waals surface area contributed by atoms with E-state index < -0.39 is 12.0 Å². The molecule has 1 aliphatic rings. The monoisotopic (exact) mass is 312 g/mol. The Hall–Kier alpha value is -1.40. The van der Waals surface area contributed by atoms with Crippen LogP contribution in [0.4, 0.5) is 5.69 Å². The highest BCUT2D eigenvalue weighted by Crippen LogP contribution is 2.22. The molecule has 1 aromatic carbocycles. The predicted octanol–water partition coefficient (Wildman–Crippen LogP) is 1.23. The van der Waals surface area contributed by atoms with Crippen LogP contribution in [0.2, 0.25) is 0 Å². The van der Waals surface area contributed by atoms with Crippen LogP contribution >= 0.6 is 15.9 Å². The van der Waals surface area contributed by atoms with E-state index in [2.05, 4.69) is 21.2 Å². The molecule has 1 atom stereocenters. The highest BCUT2D eigenvalue weighted by Gasteiger charge is 2.30. The number of amides is 1. The minimum absolute atomic E-state index is 0.191. The maximum atomic E-state index is 12.2. The molecule has 18 heavy (non-hydrogen) atoms. The molecule has 1 saturated heterocycles. The van der Waals surface area contributed by atoms with Crippen molar-refractivity contribution >= 4 is 33.5 Å². The van der Waals surface area contributed by atoms with Crippen molar-refractivity contribution in [2.75, 3.05) is 18.0 Å². The molecule has 1 heterocycles. The van der Waals surface area contributed by atoms with Crippen LogP contribution in [-0.2, 0) is 9.59 Å². The summed E-state index contributed by atoms with van der Waals surface area (Å²) >= 11 is 3.36. The summed E-state index contributed by atoms with van der Waals surface area (Å²) in [6, 6.07) is 6.77. The van der Waals surface area contributed by atoms with Gasteiger partial charge in [0.2, 0.25) is 5.91 Å². The maximum absolute atomic E-state index is 12.2. The first kappa shape index (κ1) is 13.0. The lowest BCUT2D eigenvalue weighted by atomic mass is 10.1. The zero-order valence-electron chi connectivity index (χ0n) is 9.60. The number of nitrogens with zero attached hydrogens (tertiary/aromatic N) is 1. The summed E-state index contributed by atoms with van der Waals surface area (Å²) in [5.74, 6) is -1.17. The minimum Gasteiger partial charge on any atom is -0.481 e. The number of hydrogen-bond donors (Lipinski definition) is 2. The van der Waals surface area contributed by atoms with Crippen LogP contribution in [0.15, 0.2) is 28.7 Å². The molecule has 2 rings (SSSR count). The maximum Gasteiger partial charge on any atom is 0.305 e. The van der Waals surface area contributed by atoms with Crippen LogP contribution in [0, 0.1) is 0 Å².